The summed E-state index contributed by atoms with van der Waals surface area (Å²) >= 11 is 0. The summed E-state index contributed by atoms with van der Waals surface area (Å²) in [6.07, 6.45) is 14.5. The van der Waals surface area contributed by atoms with E-state index in [9.17, 15) is 4.79 Å². The van der Waals surface area contributed by atoms with Crippen LogP contribution in [0.3, 0.4) is 0 Å². The lowest BCUT2D eigenvalue weighted by molar-refractivity contribution is -0.126. The Hall–Kier alpha value is -3.75. The molecule has 35 heavy (non-hydrogen) atoms. The maximum atomic E-state index is 12.8. The van der Waals surface area contributed by atoms with E-state index in [1.807, 2.05) is 24.0 Å². The number of aryl methyl sites for hydroxylation is 1. The van der Waals surface area contributed by atoms with E-state index >= 15 is 0 Å². The minimum absolute atomic E-state index is 0.0689. The van der Waals surface area contributed by atoms with Gasteiger partial charge in [-0.3, -0.25) is 4.79 Å². The normalized spacial score (nSPS) is 20.4. The topological polar surface area (TPSA) is 110 Å². The number of carbonyl (C=O) groups is 1. The summed E-state index contributed by atoms with van der Waals surface area (Å²) < 4.78 is 12.2. The zero-order valence-electron chi connectivity index (χ0n) is 19.7. The number of carbonyl (C=O) groups excluding carboxylic acids is 1. The number of ether oxygens (including phenoxy) is 1. The predicted molar refractivity (Wildman–Crippen MR) is 127 cm³/mol. The second-order valence-corrected chi connectivity index (χ2v) is 9.56. The summed E-state index contributed by atoms with van der Waals surface area (Å²) in [5, 5.41) is 14.7. The average molecular weight is 473 g/mol. The number of tetrazole rings is 1. The van der Waals surface area contributed by atoms with Crippen LogP contribution in [0.1, 0.15) is 54.4 Å². The first-order valence-corrected chi connectivity index (χ1v) is 12.3. The van der Waals surface area contributed by atoms with Gasteiger partial charge in [-0.25, -0.2) is 4.98 Å². The van der Waals surface area contributed by atoms with Crippen molar-refractivity contribution >= 4 is 5.91 Å². The predicted octanol–water partition coefficient (Wildman–Crippen LogP) is 4.10. The Bertz CT molecular complexity index is 1270. The molecule has 1 saturated carbocycles. The van der Waals surface area contributed by atoms with Crippen LogP contribution in [0.25, 0.3) is 11.4 Å². The summed E-state index contributed by atoms with van der Waals surface area (Å²) in [5.74, 6) is 2.70. The molecule has 1 aliphatic heterocycles. The number of H-pyrrole nitrogens is 1. The fourth-order valence-corrected chi connectivity index (χ4v) is 4.91. The van der Waals surface area contributed by atoms with Gasteiger partial charge in [0, 0.05) is 19.0 Å². The molecular formula is C26H28N6O3. The Morgan fingerprint density at radius 3 is 2.91 bits per heavy atom. The smallest absolute Gasteiger partial charge is 0.246 e. The molecule has 1 amide bonds. The van der Waals surface area contributed by atoms with Crippen LogP contribution in [0.5, 0.6) is 5.75 Å². The summed E-state index contributed by atoms with van der Waals surface area (Å²) in [6.45, 7) is 3.13. The van der Waals surface area contributed by atoms with E-state index in [4.69, 9.17) is 9.15 Å². The molecule has 3 heterocycles. The van der Waals surface area contributed by atoms with Crippen molar-refractivity contribution in [2.24, 2.45) is 11.8 Å². The van der Waals surface area contributed by atoms with Crippen LogP contribution < -0.4 is 4.74 Å². The summed E-state index contributed by atoms with van der Waals surface area (Å²) in [4.78, 5) is 19.1. The molecule has 1 fully saturated rings. The first kappa shape index (κ1) is 21.8. The van der Waals surface area contributed by atoms with Gasteiger partial charge < -0.3 is 14.1 Å². The highest BCUT2D eigenvalue weighted by molar-refractivity contribution is 5.88. The van der Waals surface area contributed by atoms with Crippen molar-refractivity contribution in [1.82, 2.24) is 30.5 Å². The quantitative estimate of drug-likeness (QED) is 0.407. The standard InChI is InChI=1S/C26H28N6O3/c1-16-24(27-15-34-16)25(18-4-2-3-5-18)35-22-13-20-14-32(23(33)9-8-17-6-7-17)11-10-19(20)12-21(22)26-28-30-31-29-26/h2,4,8-9,12-13,15,17-18,25H,3,5-7,10-11,14H2,1H3,(H,28,29,30,31)/b9-8+. The van der Waals surface area contributed by atoms with Crippen molar-refractivity contribution in [2.75, 3.05) is 6.54 Å². The van der Waals surface area contributed by atoms with Crippen molar-refractivity contribution in [1.29, 1.82) is 0 Å². The van der Waals surface area contributed by atoms with Gasteiger partial charge in [-0.2, -0.15) is 5.21 Å². The number of benzene rings is 1. The summed E-state index contributed by atoms with van der Waals surface area (Å²) in [6, 6.07) is 4.11. The van der Waals surface area contributed by atoms with Crippen LogP contribution in [-0.2, 0) is 17.8 Å². The van der Waals surface area contributed by atoms with Crippen LogP contribution >= 0.6 is 0 Å². The molecule has 2 unspecified atom stereocenters. The number of aromatic nitrogens is 5. The molecule has 9 heteroatoms. The Labute approximate surface area is 203 Å². The van der Waals surface area contributed by atoms with Crippen LogP contribution in [0, 0.1) is 18.8 Å². The number of hydrogen-bond donors (Lipinski definition) is 1. The number of hydrogen-bond acceptors (Lipinski definition) is 7. The Balaban J connectivity index is 1.35. The largest absolute Gasteiger partial charge is 0.483 e. The SMILES string of the molecule is Cc1ocnc1C(Oc1cc2c(cc1-c1nn[nH]n1)CCN(C(=O)/C=C/C1CC1)C2)C1C=CCC1. The maximum Gasteiger partial charge on any atom is 0.246 e. The molecule has 0 bridgehead atoms. The monoisotopic (exact) mass is 472 g/mol. The average Bonchev–Trinajstić information content (AvgIpc) is 3.28. The Morgan fingerprint density at radius 2 is 2.20 bits per heavy atom. The van der Waals surface area contributed by atoms with Gasteiger partial charge >= 0.3 is 0 Å². The molecule has 1 N–H and O–H groups in total. The number of allylic oxidation sites excluding steroid dienone is 2. The molecule has 0 radical (unpaired) electrons. The minimum atomic E-state index is -0.306. The van der Waals surface area contributed by atoms with E-state index in [1.165, 1.54) is 24.8 Å². The van der Waals surface area contributed by atoms with Gasteiger partial charge in [-0.05, 0) is 79.5 Å². The molecule has 3 aromatic rings. The van der Waals surface area contributed by atoms with E-state index in [0.29, 0.717) is 30.6 Å². The van der Waals surface area contributed by atoms with Crippen molar-refractivity contribution in [3.8, 4) is 17.1 Å². The lowest BCUT2D eigenvalue weighted by Gasteiger charge is -2.30. The molecule has 1 aromatic carbocycles. The lowest BCUT2D eigenvalue weighted by Crippen LogP contribution is -2.35. The highest BCUT2D eigenvalue weighted by Crippen LogP contribution is 2.40. The zero-order valence-corrected chi connectivity index (χ0v) is 19.7. The maximum absolute atomic E-state index is 12.8. The number of amides is 1. The summed E-state index contributed by atoms with van der Waals surface area (Å²) in [7, 11) is 0. The Kier molecular flexibility index (Phi) is 5.67. The summed E-state index contributed by atoms with van der Waals surface area (Å²) in [5.41, 5.74) is 3.81. The zero-order chi connectivity index (χ0) is 23.8. The third-order valence-corrected chi connectivity index (χ3v) is 7.09. The molecule has 2 aromatic heterocycles. The second kappa shape index (κ2) is 9.13. The molecule has 6 rings (SSSR count). The highest BCUT2D eigenvalue weighted by Gasteiger charge is 2.31. The van der Waals surface area contributed by atoms with Crippen molar-refractivity contribution < 1.29 is 13.9 Å². The molecular weight excluding hydrogens is 444 g/mol. The number of fused-ring (bicyclic) bond motifs is 1. The molecule has 3 aliphatic rings. The molecule has 2 aliphatic carbocycles. The fraction of sp³-hybridized carbons (Fsp3) is 0.423. The number of nitrogens with zero attached hydrogens (tertiary/aromatic N) is 5. The number of oxazole rings is 1. The van der Waals surface area contributed by atoms with E-state index in [1.54, 1.807) is 6.08 Å². The van der Waals surface area contributed by atoms with Gasteiger partial charge in [0.15, 0.2) is 12.5 Å². The number of nitrogens with one attached hydrogen (secondary N) is 1. The van der Waals surface area contributed by atoms with E-state index < -0.39 is 0 Å². The van der Waals surface area contributed by atoms with Crippen LogP contribution in [0.2, 0.25) is 0 Å². The molecule has 2 atom stereocenters. The second-order valence-electron chi connectivity index (χ2n) is 9.56. The van der Waals surface area contributed by atoms with E-state index in [-0.39, 0.29) is 17.9 Å². The molecule has 0 spiro atoms. The van der Waals surface area contributed by atoms with Gasteiger partial charge in [0.05, 0.1) is 5.56 Å². The van der Waals surface area contributed by atoms with Crippen molar-refractivity contribution in [3.05, 3.63) is 65.4 Å². The highest BCUT2D eigenvalue weighted by atomic mass is 16.5. The van der Waals surface area contributed by atoms with Crippen molar-refractivity contribution in [3.63, 3.8) is 0 Å². The number of aromatic amines is 1. The van der Waals surface area contributed by atoms with E-state index in [0.717, 1.165) is 41.8 Å². The van der Waals surface area contributed by atoms with Crippen LogP contribution in [0.15, 0.2) is 47.2 Å². The third-order valence-electron chi connectivity index (χ3n) is 7.09. The van der Waals surface area contributed by atoms with Gasteiger partial charge in [0.25, 0.3) is 0 Å². The van der Waals surface area contributed by atoms with Gasteiger partial charge in [0.2, 0.25) is 11.7 Å². The lowest BCUT2D eigenvalue weighted by atomic mass is 9.95. The first-order chi connectivity index (χ1) is 17.2. The molecule has 180 valence electrons. The third kappa shape index (κ3) is 4.50. The molecule has 9 nitrogen and oxygen atoms in total. The van der Waals surface area contributed by atoms with E-state index in [2.05, 4.69) is 43.8 Å². The Morgan fingerprint density at radius 1 is 1.29 bits per heavy atom. The van der Waals surface area contributed by atoms with Crippen molar-refractivity contribution in [2.45, 2.75) is 51.7 Å². The molecule has 0 saturated heterocycles. The first-order valence-electron chi connectivity index (χ1n) is 12.3. The van der Waals surface area contributed by atoms with Crippen LogP contribution in [0.4, 0.5) is 0 Å². The minimum Gasteiger partial charge on any atom is -0.483 e. The van der Waals surface area contributed by atoms with Gasteiger partial charge in [-0.15, -0.1) is 10.2 Å². The fourth-order valence-electron chi connectivity index (χ4n) is 4.91. The van der Waals surface area contributed by atoms with Crippen LogP contribution in [-0.4, -0.2) is 43.0 Å². The van der Waals surface area contributed by atoms with Gasteiger partial charge in [-0.1, -0.05) is 18.2 Å². The van der Waals surface area contributed by atoms with Gasteiger partial charge in [0.1, 0.15) is 17.2 Å². The number of rotatable bonds is 7.